The fourth-order valence-electron chi connectivity index (χ4n) is 2.62. The Morgan fingerprint density at radius 2 is 1.89 bits per heavy atom. The van der Waals surface area contributed by atoms with Crippen molar-refractivity contribution in [3.63, 3.8) is 0 Å². The zero-order valence-corrected chi connectivity index (χ0v) is 10.4. The van der Waals surface area contributed by atoms with E-state index in [1.807, 2.05) is 12.1 Å². The van der Waals surface area contributed by atoms with Gasteiger partial charge in [-0.25, -0.2) is 0 Å². The Morgan fingerprint density at radius 3 is 2.44 bits per heavy atom. The van der Waals surface area contributed by atoms with Crippen molar-refractivity contribution in [3.8, 4) is 0 Å². The molecule has 1 saturated heterocycles. The van der Waals surface area contributed by atoms with Gasteiger partial charge in [-0.05, 0) is 42.5 Å². The third-order valence-corrected chi connectivity index (χ3v) is 3.60. The second-order valence-corrected chi connectivity index (χ2v) is 5.11. The van der Waals surface area contributed by atoms with Gasteiger partial charge in [0.25, 0.3) is 0 Å². The van der Waals surface area contributed by atoms with Crippen molar-refractivity contribution in [3.05, 3.63) is 35.4 Å². The second kappa shape index (κ2) is 5.31. The van der Waals surface area contributed by atoms with E-state index in [4.69, 9.17) is 0 Å². The lowest BCUT2D eigenvalue weighted by atomic mass is 9.82. The van der Waals surface area contributed by atoms with Gasteiger partial charge in [0.05, 0.1) is 6.42 Å². The minimum atomic E-state index is -4.12. The molecule has 1 aromatic carbocycles. The Morgan fingerprint density at radius 1 is 1.22 bits per heavy atom. The maximum Gasteiger partial charge on any atom is 0.393 e. The zero-order chi connectivity index (χ0) is 13.2. The summed E-state index contributed by atoms with van der Waals surface area (Å²) in [5.41, 5.74) is 1.50. The molecule has 100 valence electrons. The highest BCUT2D eigenvalue weighted by Gasteiger charge is 2.28. The number of hydrogen-bond acceptors (Lipinski definition) is 1. The van der Waals surface area contributed by atoms with Gasteiger partial charge in [0.1, 0.15) is 0 Å². The van der Waals surface area contributed by atoms with Gasteiger partial charge < -0.3 is 5.32 Å². The molecule has 1 aromatic rings. The number of alkyl halides is 3. The average Bonchev–Trinajstić information content (AvgIpc) is 2.29. The molecule has 2 unspecified atom stereocenters. The summed E-state index contributed by atoms with van der Waals surface area (Å²) in [5, 5.41) is 3.33. The van der Waals surface area contributed by atoms with Crippen LogP contribution in [0.5, 0.6) is 0 Å². The molecular formula is C14H18F3N. The largest absolute Gasteiger partial charge is 0.393 e. The summed E-state index contributed by atoms with van der Waals surface area (Å²) in [7, 11) is 0. The number of piperidine rings is 1. The van der Waals surface area contributed by atoms with Crippen LogP contribution in [0.2, 0.25) is 0 Å². The Balaban J connectivity index is 2.07. The van der Waals surface area contributed by atoms with Gasteiger partial charge in [-0.2, -0.15) is 13.2 Å². The first-order chi connectivity index (χ1) is 8.46. The third kappa shape index (κ3) is 3.48. The molecule has 1 fully saturated rings. The SMILES string of the molecule is CC1CNCCC1c1ccc(CC(F)(F)F)cc1. The molecule has 2 rings (SSSR count). The minimum Gasteiger partial charge on any atom is -0.316 e. The van der Waals surface area contributed by atoms with Crippen molar-refractivity contribution < 1.29 is 13.2 Å². The standard InChI is InChI=1S/C14H18F3N/c1-10-9-18-7-6-13(10)12-4-2-11(3-5-12)8-14(15,16)17/h2-5,10,13,18H,6-9H2,1H3. The van der Waals surface area contributed by atoms with Crippen LogP contribution in [0.4, 0.5) is 13.2 Å². The van der Waals surface area contributed by atoms with E-state index in [0.717, 1.165) is 25.1 Å². The molecule has 1 nitrogen and oxygen atoms in total. The van der Waals surface area contributed by atoms with E-state index in [1.165, 1.54) is 0 Å². The number of halogens is 3. The van der Waals surface area contributed by atoms with E-state index in [-0.39, 0.29) is 0 Å². The van der Waals surface area contributed by atoms with Crippen LogP contribution in [-0.2, 0) is 6.42 Å². The van der Waals surface area contributed by atoms with Gasteiger partial charge in [-0.1, -0.05) is 31.2 Å². The van der Waals surface area contributed by atoms with E-state index < -0.39 is 12.6 Å². The lowest BCUT2D eigenvalue weighted by molar-refractivity contribution is -0.127. The molecule has 18 heavy (non-hydrogen) atoms. The summed E-state index contributed by atoms with van der Waals surface area (Å²) < 4.78 is 36.8. The average molecular weight is 257 g/mol. The number of rotatable bonds is 2. The molecule has 1 heterocycles. The Labute approximate surface area is 105 Å². The zero-order valence-electron chi connectivity index (χ0n) is 10.4. The lowest BCUT2D eigenvalue weighted by Crippen LogP contribution is -2.33. The van der Waals surface area contributed by atoms with Crippen molar-refractivity contribution in [2.45, 2.75) is 31.9 Å². The summed E-state index contributed by atoms with van der Waals surface area (Å²) in [6.07, 6.45) is -3.90. The lowest BCUT2D eigenvalue weighted by Gasteiger charge is -2.30. The molecule has 0 amide bonds. The van der Waals surface area contributed by atoms with Crippen LogP contribution in [-0.4, -0.2) is 19.3 Å². The van der Waals surface area contributed by atoms with E-state index >= 15 is 0 Å². The maximum absolute atomic E-state index is 12.3. The molecule has 0 aliphatic carbocycles. The van der Waals surface area contributed by atoms with Gasteiger partial charge in [0.15, 0.2) is 0 Å². The van der Waals surface area contributed by atoms with E-state index in [0.29, 0.717) is 17.4 Å². The fraction of sp³-hybridized carbons (Fsp3) is 0.571. The van der Waals surface area contributed by atoms with Crippen molar-refractivity contribution in [1.29, 1.82) is 0 Å². The highest BCUT2D eigenvalue weighted by molar-refractivity contribution is 5.27. The molecule has 4 heteroatoms. The van der Waals surface area contributed by atoms with Crippen LogP contribution in [0, 0.1) is 5.92 Å². The van der Waals surface area contributed by atoms with Gasteiger partial charge >= 0.3 is 6.18 Å². The van der Waals surface area contributed by atoms with Gasteiger partial charge in [-0.3, -0.25) is 0 Å². The third-order valence-electron chi connectivity index (χ3n) is 3.60. The maximum atomic E-state index is 12.3. The number of nitrogens with one attached hydrogen (secondary N) is 1. The summed E-state index contributed by atoms with van der Waals surface area (Å²) in [6.45, 7) is 4.15. The minimum absolute atomic E-state index is 0.341. The molecule has 0 spiro atoms. The number of hydrogen-bond donors (Lipinski definition) is 1. The molecule has 0 radical (unpaired) electrons. The molecule has 1 aliphatic rings. The normalized spacial score (nSPS) is 25.1. The highest BCUT2D eigenvalue weighted by atomic mass is 19.4. The molecular weight excluding hydrogens is 239 g/mol. The van der Waals surface area contributed by atoms with Crippen molar-refractivity contribution in [1.82, 2.24) is 5.32 Å². The van der Waals surface area contributed by atoms with Crippen LogP contribution in [0.3, 0.4) is 0 Å². The van der Waals surface area contributed by atoms with Gasteiger partial charge in [0, 0.05) is 0 Å². The molecule has 0 saturated carbocycles. The molecule has 1 N–H and O–H groups in total. The summed E-state index contributed by atoms with van der Waals surface area (Å²) >= 11 is 0. The van der Waals surface area contributed by atoms with Crippen LogP contribution >= 0.6 is 0 Å². The summed E-state index contributed by atoms with van der Waals surface area (Å²) in [6, 6.07) is 6.93. The highest BCUT2D eigenvalue weighted by Crippen LogP contribution is 2.30. The summed E-state index contributed by atoms with van der Waals surface area (Å²) in [5.74, 6) is 0.999. The van der Waals surface area contributed by atoms with Crippen molar-refractivity contribution >= 4 is 0 Å². The first-order valence-electron chi connectivity index (χ1n) is 6.32. The molecule has 1 aliphatic heterocycles. The fourth-order valence-corrected chi connectivity index (χ4v) is 2.62. The predicted molar refractivity (Wildman–Crippen MR) is 65.6 cm³/mol. The smallest absolute Gasteiger partial charge is 0.316 e. The Kier molecular flexibility index (Phi) is 3.95. The van der Waals surface area contributed by atoms with Crippen LogP contribution in [0.25, 0.3) is 0 Å². The van der Waals surface area contributed by atoms with Crippen LogP contribution < -0.4 is 5.32 Å². The molecule has 2 atom stereocenters. The van der Waals surface area contributed by atoms with Crippen molar-refractivity contribution in [2.75, 3.05) is 13.1 Å². The van der Waals surface area contributed by atoms with Gasteiger partial charge in [0.2, 0.25) is 0 Å². The monoisotopic (exact) mass is 257 g/mol. The van der Waals surface area contributed by atoms with E-state index in [9.17, 15) is 13.2 Å². The van der Waals surface area contributed by atoms with Crippen molar-refractivity contribution in [2.24, 2.45) is 5.92 Å². The van der Waals surface area contributed by atoms with E-state index in [2.05, 4.69) is 12.2 Å². The Bertz CT molecular complexity index is 383. The Hall–Kier alpha value is -1.03. The van der Waals surface area contributed by atoms with Gasteiger partial charge in [-0.15, -0.1) is 0 Å². The first-order valence-corrected chi connectivity index (χ1v) is 6.32. The summed E-state index contributed by atoms with van der Waals surface area (Å²) in [4.78, 5) is 0. The quantitative estimate of drug-likeness (QED) is 0.855. The van der Waals surface area contributed by atoms with Crippen LogP contribution in [0.15, 0.2) is 24.3 Å². The van der Waals surface area contributed by atoms with E-state index in [1.54, 1.807) is 12.1 Å². The predicted octanol–water partition coefficient (Wildman–Crippen LogP) is 3.50. The van der Waals surface area contributed by atoms with Crippen LogP contribution in [0.1, 0.15) is 30.4 Å². The molecule has 0 aromatic heterocycles. The first kappa shape index (κ1) is 13.4. The topological polar surface area (TPSA) is 12.0 Å². The molecule has 0 bridgehead atoms. The second-order valence-electron chi connectivity index (χ2n) is 5.11. The number of benzene rings is 1.